The van der Waals surface area contributed by atoms with Gasteiger partial charge >= 0.3 is 0 Å². The van der Waals surface area contributed by atoms with Crippen LogP contribution >= 0.6 is 0 Å². The topological polar surface area (TPSA) is 75.7 Å². The quantitative estimate of drug-likeness (QED) is 0.869. The third-order valence-corrected chi connectivity index (χ3v) is 7.05. The Morgan fingerprint density at radius 2 is 1.92 bits per heavy atom. The molecule has 1 aliphatic carbocycles. The van der Waals surface area contributed by atoms with Gasteiger partial charge in [-0.1, -0.05) is 18.9 Å². The molecule has 3 rings (SSSR count). The molecule has 0 bridgehead atoms. The summed E-state index contributed by atoms with van der Waals surface area (Å²) in [6, 6.07) is 5.09. The van der Waals surface area contributed by atoms with Gasteiger partial charge in [0.05, 0.1) is 18.1 Å². The van der Waals surface area contributed by atoms with Crippen LogP contribution in [0.2, 0.25) is 0 Å². The molecule has 0 spiro atoms. The van der Waals surface area contributed by atoms with Crippen LogP contribution in [0.15, 0.2) is 23.1 Å². The summed E-state index contributed by atoms with van der Waals surface area (Å²) < 4.78 is 32.4. The third-order valence-electron chi connectivity index (χ3n) is 5.01. The number of anilines is 1. The summed E-state index contributed by atoms with van der Waals surface area (Å²) >= 11 is 0. The van der Waals surface area contributed by atoms with Gasteiger partial charge in [0.25, 0.3) is 0 Å². The van der Waals surface area contributed by atoms with Crippen molar-refractivity contribution in [2.45, 2.75) is 43.9 Å². The first-order chi connectivity index (χ1) is 12.0. The van der Waals surface area contributed by atoms with Crippen LogP contribution in [-0.2, 0) is 19.6 Å². The minimum absolute atomic E-state index is 0.0366. The number of hydrogen-bond donors (Lipinski definition) is 1. The van der Waals surface area contributed by atoms with Crippen LogP contribution in [-0.4, -0.2) is 44.9 Å². The van der Waals surface area contributed by atoms with Gasteiger partial charge in [-0.25, -0.2) is 8.42 Å². The number of sulfonamides is 1. The van der Waals surface area contributed by atoms with Crippen molar-refractivity contribution in [3.63, 3.8) is 0 Å². The third kappa shape index (κ3) is 4.40. The van der Waals surface area contributed by atoms with Crippen molar-refractivity contribution in [1.82, 2.24) is 4.31 Å². The zero-order chi connectivity index (χ0) is 17.9. The highest BCUT2D eigenvalue weighted by molar-refractivity contribution is 7.89. The summed E-state index contributed by atoms with van der Waals surface area (Å²) in [6.07, 6.45) is 5.13. The largest absolute Gasteiger partial charge is 0.379 e. The number of ether oxygens (including phenoxy) is 1. The number of carbonyl (C=O) groups is 1. The molecule has 1 aromatic carbocycles. The van der Waals surface area contributed by atoms with Gasteiger partial charge in [0.1, 0.15) is 0 Å². The molecule has 138 valence electrons. The predicted molar refractivity (Wildman–Crippen MR) is 96.0 cm³/mol. The lowest BCUT2D eigenvalue weighted by Gasteiger charge is -2.26. The number of aryl methyl sites for hydroxylation is 1. The van der Waals surface area contributed by atoms with Crippen LogP contribution in [0.1, 0.15) is 37.7 Å². The molecule has 1 N–H and O–H groups in total. The molecule has 0 unspecified atom stereocenters. The molecule has 1 heterocycles. The van der Waals surface area contributed by atoms with Gasteiger partial charge < -0.3 is 10.1 Å². The van der Waals surface area contributed by atoms with Crippen LogP contribution in [0, 0.1) is 12.8 Å². The Kier molecular flexibility index (Phi) is 5.76. The second-order valence-electron chi connectivity index (χ2n) is 6.90. The van der Waals surface area contributed by atoms with E-state index in [9.17, 15) is 13.2 Å². The first-order valence-corrected chi connectivity index (χ1v) is 10.4. The van der Waals surface area contributed by atoms with Crippen molar-refractivity contribution in [3.05, 3.63) is 23.8 Å². The van der Waals surface area contributed by atoms with Gasteiger partial charge in [0, 0.05) is 25.2 Å². The second-order valence-corrected chi connectivity index (χ2v) is 8.81. The number of morpholine rings is 1. The molecule has 1 aromatic rings. The molecule has 6 nitrogen and oxygen atoms in total. The summed E-state index contributed by atoms with van der Waals surface area (Å²) in [6.45, 7) is 3.32. The first-order valence-electron chi connectivity index (χ1n) is 8.95. The summed E-state index contributed by atoms with van der Waals surface area (Å²) in [7, 11) is -3.57. The van der Waals surface area contributed by atoms with Crippen molar-refractivity contribution in [2.75, 3.05) is 31.6 Å². The second kappa shape index (κ2) is 7.85. The Bertz CT molecular complexity index is 721. The van der Waals surface area contributed by atoms with E-state index >= 15 is 0 Å². The average Bonchev–Trinajstić information content (AvgIpc) is 3.10. The fourth-order valence-electron chi connectivity index (χ4n) is 3.57. The van der Waals surface area contributed by atoms with Gasteiger partial charge in [0.2, 0.25) is 15.9 Å². The van der Waals surface area contributed by atoms with Crippen molar-refractivity contribution >= 4 is 21.6 Å². The van der Waals surface area contributed by atoms with E-state index in [2.05, 4.69) is 5.32 Å². The van der Waals surface area contributed by atoms with Crippen LogP contribution < -0.4 is 5.32 Å². The molecular weight excluding hydrogens is 340 g/mol. The molecule has 1 amide bonds. The standard InChI is InChI=1S/C18H26N2O4S/c1-14-6-7-16(19-18(21)12-15-4-2-3-5-15)13-17(14)25(22,23)20-8-10-24-11-9-20/h6-7,13,15H,2-5,8-12H2,1H3,(H,19,21). The Hall–Kier alpha value is -1.44. The summed E-state index contributed by atoms with van der Waals surface area (Å²) in [5.74, 6) is 0.424. The molecule has 1 saturated carbocycles. The van der Waals surface area contributed by atoms with Crippen LogP contribution in [0.5, 0.6) is 0 Å². The van der Waals surface area contributed by atoms with E-state index in [4.69, 9.17) is 4.74 Å². The normalized spacial score (nSPS) is 19.9. The zero-order valence-electron chi connectivity index (χ0n) is 14.7. The Balaban J connectivity index is 1.74. The molecule has 0 atom stereocenters. The number of nitrogens with one attached hydrogen (secondary N) is 1. The van der Waals surface area contributed by atoms with Gasteiger partial charge in [-0.2, -0.15) is 4.31 Å². The van der Waals surface area contributed by atoms with E-state index < -0.39 is 10.0 Å². The predicted octanol–water partition coefficient (Wildman–Crippen LogP) is 2.53. The Morgan fingerprint density at radius 3 is 2.60 bits per heavy atom. The maximum Gasteiger partial charge on any atom is 0.243 e. The van der Waals surface area contributed by atoms with E-state index in [1.807, 2.05) is 0 Å². The number of hydrogen-bond acceptors (Lipinski definition) is 4. The Labute approximate surface area is 149 Å². The van der Waals surface area contributed by atoms with Gasteiger partial charge in [0.15, 0.2) is 0 Å². The van der Waals surface area contributed by atoms with Crippen LogP contribution in [0.3, 0.4) is 0 Å². The fraction of sp³-hybridized carbons (Fsp3) is 0.611. The molecule has 0 radical (unpaired) electrons. The highest BCUT2D eigenvalue weighted by Crippen LogP contribution is 2.28. The molecule has 7 heteroatoms. The lowest BCUT2D eigenvalue weighted by Crippen LogP contribution is -2.40. The molecule has 1 aliphatic heterocycles. The van der Waals surface area contributed by atoms with E-state index in [-0.39, 0.29) is 10.8 Å². The van der Waals surface area contributed by atoms with Crippen molar-refractivity contribution < 1.29 is 17.9 Å². The molecular formula is C18H26N2O4S. The molecule has 2 fully saturated rings. The van der Waals surface area contributed by atoms with Crippen molar-refractivity contribution in [3.8, 4) is 0 Å². The van der Waals surface area contributed by atoms with Gasteiger partial charge in [-0.05, 0) is 43.4 Å². The summed E-state index contributed by atoms with van der Waals surface area (Å²) in [5.41, 5.74) is 1.22. The minimum Gasteiger partial charge on any atom is -0.379 e. The van der Waals surface area contributed by atoms with E-state index in [0.29, 0.717) is 49.9 Å². The number of benzene rings is 1. The average molecular weight is 366 g/mol. The van der Waals surface area contributed by atoms with Gasteiger partial charge in [-0.3, -0.25) is 4.79 Å². The first kappa shape index (κ1) is 18.4. The fourth-order valence-corrected chi connectivity index (χ4v) is 5.23. The van der Waals surface area contributed by atoms with Crippen LogP contribution in [0.4, 0.5) is 5.69 Å². The summed E-state index contributed by atoms with van der Waals surface area (Å²) in [4.78, 5) is 12.5. The molecule has 25 heavy (non-hydrogen) atoms. The Morgan fingerprint density at radius 1 is 1.24 bits per heavy atom. The maximum absolute atomic E-state index is 12.9. The van der Waals surface area contributed by atoms with Gasteiger partial charge in [-0.15, -0.1) is 0 Å². The molecule has 2 aliphatic rings. The minimum atomic E-state index is -3.57. The van der Waals surface area contributed by atoms with Crippen LogP contribution in [0.25, 0.3) is 0 Å². The van der Waals surface area contributed by atoms with E-state index in [1.54, 1.807) is 25.1 Å². The summed E-state index contributed by atoms with van der Waals surface area (Å²) in [5, 5.41) is 2.86. The lowest BCUT2D eigenvalue weighted by molar-refractivity contribution is -0.117. The number of rotatable bonds is 5. The molecule has 0 aromatic heterocycles. The lowest BCUT2D eigenvalue weighted by atomic mass is 10.0. The van der Waals surface area contributed by atoms with E-state index in [0.717, 1.165) is 12.8 Å². The zero-order valence-corrected chi connectivity index (χ0v) is 15.5. The number of carbonyl (C=O) groups excluding carboxylic acids is 1. The van der Waals surface area contributed by atoms with Crippen molar-refractivity contribution in [1.29, 1.82) is 0 Å². The SMILES string of the molecule is Cc1ccc(NC(=O)CC2CCCC2)cc1S(=O)(=O)N1CCOCC1. The number of nitrogens with zero attached hydrogens (tertiary/aromatic N) is 1. The maximum atomic E-state index is 12.9. The molecule has 1 saturated heterocycles. The van der Waals surface area contributed by atoms with E-state index in [1.165, 1.54) is 17.1 Å². The smallest absolute Gasteiger partial charge is 0.243 e. The highest BCUT2D eigenvalue weighted by atomic mass is 32.2. The van der Waals surface area contributed by atoms with Crippen molar-refractivity contribution in [2.24, 2.45) is 5.92 Å². The monoisotopic (exact) mass is 366 g/mol. The number of amides is 1. The highest BCUT2D eigenvalue weighted by Gasteiger charge is 2.28.